The lowest BCUT2D eigenvalue weighted by atomic mass is 9.81. The fraction of sp³-hybridized carbons (Fsp3) is 1.00. The van der Waals surface area contributed by atoms with Crippen LogP contribution >= 0.6 is 0 Å². The lowest BCUT2D eigenvalue weighted by Crippen LogP contribution is -2.44. The SMILES string of the molecule is CCCNCC(CC)(CC)CN(CCC)CCC. The number of nitrogens with zero attached hydrogens (tertiary/aromatic N) is 1. The highest BCUT2D eigenvalue weighted by atomic mass is 15.1. The van der Waals surface area contributed by atoms with Gasteiger partial charge in [0.05, 0.1) is 0 Å². The van der Waals surface area contributed by atoms with Crippen molar-refractivity contribution in [2.24, 2.45) is 5.41 Å². The number of hydrogen-bond donors (Lipinski definition) is 1. The molecule has 0 atom stereocenters. The van der Waals surface area contributed by atoms with Gasteiger partial charge in [-0.2, -0.15) is 0 Å². The van der Waals surface area contributed by atoms with Crippen LogP contribution in [0.15, 0.2) is 0 Å². The second kappa shape index (κ2) is 10.8. The molecule has 18 heavy (non-hydrogen) atoms. The molecular weight excluding hydrogens is 220 g/mol. The van der Waals surface area contributed by atoms with E-state index in [-0.39, 0.29) is 0 Å². The first kappa shape index (κ1) is 17.9. The van der Waals surface area contributed by atoms with Crippen LogP contribution in [0.1, 0.15) is 66.7 Å². The zero-order chi connectivity index (χ0) is 13.9. The molecule has 0 aromatic rings. The first-order valence-electron chi connectivity index (χ1n) is 8.11. The van der Waals surface area contributed by atoms with Gasteiger partial charge in [0.1, 0.15) is 0 Å². The average Bonchev–Trinajstić information content (AvgIpc) is 2.38. The van der Waals surface area contributed by atoms with Crippen molar-refractivity contribution in [3.63, 3.8) is 0 Å². The molecule has 0 heterocycles. The Morgan fingerprint density at radius 2 is 1.39 bits per heavy atom. The van der Waals surface area contributed by atoms with Gasteiger partial charge in [-0.05, 0) is 57.2 Å². The van der Waals surface area contributed by atoms with Gasteiger partial charge < -0.3 is 10.2 Å². The van der Waals surface area contributed by atoms with Crippen LogP contribution in [-0.2, 0) is 0 Å². The van der Waals surface area contributed by atoms with Crippen LogP contribution in [-0.4, -0.2) is 37.6 Å². The fourth-order valence-electron chi connectivity index (χ4n) is 2.69. The highest BCUT2D eigenvalue weighted by Gasteiger charge is 2.27. The molecule has 0 bridgehead atoms. The van der Waals surface area contributed by atoms with Gasteiger partial charge >= 0.3 is 0 Å². The maximum absolute atomic E-state index is 3.64. The van der Waals surface area contributed by atoms with Crippen LogP contribution in [0.4, 0.5) is 0 Å². The molecule has 0 aliphatic rings. The molecular formula is C16H36N2. The maximum Gasteiger partial charge on any atom is 0.00499 e. The molecule has 110 valence electrons. The Labute approximate surface area is 116 Å². The third-order valence-corrected chi connectivity index (χ3v) is 4.07. The van der Waals surface area contributed by atoms with Gasteiger partial charge in [-0.25, -0.2) is 0 Å². The van der Waals surface area contributed by atoms with Crippen LogP contribution in [0.3, 0.4) is 0 Å². The van der Waals surface area contributed by atoms with E-state index in [2.05, 4.69) is 44.8 Å². The lowest BCUT2D eigenvalue weighted by molar-refractivity contribution is 0.134. The number of rotatable bonds is 12. The van der Waals surface area contributed by atoms with E-state index in [1.807, 2.05) is 0 Å². The Hall–Kier alpha value is -0.0800. The van der Waals surface area contributed by atoms with E-state index >= 15 is 0 Å². The molecule has 1 N–H and O–H groups in total. The highest BCUT2D eigenvalue weighted by molar-refractivity contribution is 4.83. The number of nitrogens with one attached hydrogen (secondary N) is 1. The van der Waals surface area contributed by atoms with Crippen LogP contribution in [0.5, 0.6) is 0 Å². The van der Waals surface area contributed by atoms with Crippen LogP contribution in [0, 0.1) is 5.41 Å². The van der Waals surface area contributed by atoms with Crippen molar-refractivity contribution in [1.82, 2.24) is 10.2 Å². The lowest BCUT2D eigenvalue weighted by Gasteiger charge is -2.37. The Bertz CT molecular complexity index is 170. The monoisotopic (exact) mass is 256 g/mol. The predicted molar refractivity (Wildman–Crippen MR) is 83.2 cm³/mol. The van der Waals surface area contributed by atoms with Crippen molar-refractivity contribution in [3.8, 4) is 0 Å². The van der Waals surface area contributed by atoms with Crippen molar-refractivity contribution in [2.75, 3.05) is 32.7 Å². The van der Waals surface area contributed by atoms with Crippen LogP contribution in [0.25, 0.3) is 0 Å². The van der Waals surface area contributed by atoms with Crippen molar-refractivity contribution in [3.05, 3.63) is 0 Å². The number of hydrogen-bond acceptors (Lipinski definition) is 2. The molecule has 0 fully saturated rings. The quantitative estimate of drug-likeness (QED) is 0.533. The molecule has 0 aromatic carbocycles. The molecule has 0 rings (SSSR count). The largest absolute Gasteiger partial charge is 0.316 e. The third-order valence-electron chi connectivity index (χ3n) is 4.07. The van der Waals surface area contributed by atoms with Crippen molar-refractivity contribution >= 4 is 0 Å². The normalized spacial score (nSPS) is 12.3. The van der Waals surface area contributed by atoms with E-state index in [1.54, 1.807) is 0 Å². The smallest absolute Gasteiger partial charge is 0.00499 e. The zero-order valence-electron chi connectivity index (χ0n) is 13.5. The summed E-state index contributed by atoms with van der Waals surface area (Å²) in [4.78, 5) is 2.67. The Kier molecular flexibility index (Phi) is 10.8. The highest BCUT2D eigenvalue weighted by Crippen LogP contribution is 2.27. The average molecular weight is 256 g/mol. The molecule has 0 aliphatic carbocycles. The first-order valence-corrected chi connectivity index (χ1v) is 8.11. The summed E-state index contributed by atoms with van der Waals surface area (Å²) in [6.07, 6.45) is 6.34. The molecule has 2 heteroatoms. The van der Waals surface area contributed by atoms with Gasteiger partial charge in [-0.3, -0.25) is 0 Å². The molecule has 0 aromatic heterocycles. The van der Waals surface area contributed by atoms with E-state index < -0.39 is 0 Å². The van der Waals surface area contributed by atoms with E-state index in [4.69, 9.17) is 0 Å². The minimum Gasteiger partial charge on any atom is -0.316 e. The van der Waals surface area contributed by atoms with Crippen molar-refractivity contribution in [1.29, 1.82) is 0 Å². The minimum absolute atomic E-state index is 0.472. The summed E-state index contributed by atoms with van der Waals surface area (Å²) >= 11 is 0. The Morgan fingerprint density at radius 3 is 1.78 bits per heavy atom. The van der Waals surface area contributed by atoms with Crippen molar-refractivity contribution in [2.45, 2.75) is 66.7 Å². The summed E-state index contributed by atoms with van der Waals surface area (Å²) in [7, 11) is 0. The van der Waals surface area contributed by atoms with E-state index in [9.17, 15) is 0 Å². The summed E-state index contributed by atoms with van der Waals surface area (Å²) in [5, 5.41) is 3.64. The fourth-order valence-corrected chi connectivity index (χ4v) is 2.69. The standard InChI is InChI=1S/C16H36N2/c1-6-11-17-14-16(9-4,10-5)15-18(12-7-2)13-8-3/h17H,6-15H2,1-5H3. The second-order valence-corrected chi connectivity index (χ2v) is 5.66. The molecule has 0 amide bonds. The molecule has 2 nitrogen and oxygen atoms in total. The molecule has 0 saturated heterocycles. The van der Waals surface area contributed by atoms with Gasteiger partial charge in [-0.1, -0.05) is 34.6 Å². The van der Waals surface area contributed by atoms with Crippen LogP contribution < -0.4 is 5.32 Å². The van der Waals surface area contributed by atoms with Crippen LogP contribution in [0.2, 0.25) is 0 Å². The van der Waals surface area contributed by atoms with E-state index in [0.717, 1.165) is 6.54 Å². The summed E-state index contributed by atoms with van der Waals surface area (Å²) in [5.41, 5.74) is 0.472. The molecule has 0 saturated carbocycles. The molecule has 0 aliphatic heterocycles. The van der Waals surface area contributed by atoms with Gasteiger partial charge in [0.15, 0.2) is 0 Å². The topological polar surface area (TPSA) is 15.3 Å². The second-order valence-electron chi connectivity index (χ2n) is 5.66. The van der Waals surface area contributed by atoms with Gasteiger partial charge in [0.25, 0.3) is 0 Å². The molecule has 0 radical (unpaired) electrons. The van der Waals surface area contributed by atoms with Crippen molar-refractivity contribution < 1.29 is 0 Å². The third kappa shape index (κ3) is 6.75. The van der Waals surface area contributed by atoms with Gasteiger partial charge in [-0.15, -0.1) is 0 Å². The summed E-state index contributed by atoms with van der Waals surface area (Å²) in [6, 6.07) is 0. The van der Waals surface area contributed by atoms with E-state index in [0.29, 0.717) is 5.41 Å². The summed E-state index contributed by atoms with van der Waals surface area (Å²) in [5.74, 6) is 0. The van der Waals surface area contributed by atoms with Gasteiger partial charge in [0.2, 0.25) is 0 Å². The minimum atomic E-state index is 0.472. The first-order chi connectivity index (χ1) is 8.67. The van der Waals surface area contributed by atoms with E-state index in [1.165, 1.54) is 58.3 Å². The summed E-state index contributed by atoms with van der Waals surface area (Å²) in [6.45, 7) is 17.6. The molecule has 0 spiro atoms. The van der Waals surface area contributed by atoms with Gasteiger partial charge in [0, 0.05) is 13.1 Å². The molecule has 0 unspecified atom stereocenters. The zero-order valence-corrected chi connectivity index (χ0v) is 13.5. The Balaban J connectivity index is 4.43. The Morgan fingerprint density at radius 1 is 0.833 bits per heavy atom. The summed E-state index contributed by atoms with van der Waals surface area (Å²) < 4.78 is 0. The maximum atomic E-state index is 3.64. The predicted octanol–water partition coefficient (Wildman–Crippen LogP) is 3.91.